The highest BCUT2D eigenvalue weighted by molar-refractivity contribution is 9.10. The van der Waals surface area contributed by atoms with E-state index in [-0.39, 0.29) is 0 Å². The molecule has 0 atom stereocenters. The second-order valence-electron chi connectivity index (χ2n) is 5.51. The maximum atomic E-state index is 5.50. The minimum absolute atomic E-state index is 0.326. The Labute approximate surface area is 136 Å². The van der Waals surface area contributed by atoms with Gasteiger partial charge >= 0.3 is 0 Å². The summed E-state index contributed by atoms with van der Waals surface area (Å²) in [5.74, 6) is 1.70. The van der Waals surface area contributed by atoms with Crippen molar-refractivity contribution in [3.05, 3.63) is 44.6 Å². The van der Waals surface area contributed by atoms with Gasteiger partial charge in [-0.2, -0.15) is 0 Å². The van der Waals surface area contributed by atoms with Crippen LogP contribution in [0.2, 0.25) is 0 Å². The number of hydrogen-bond acceptors (Lipinski definition) is 4. The van der Waals surface area contributed by atoms with Crippen LogP contribution in [0.3, 0.4) is 0 Å². The average Bonchev–Trinajstić information content (AvgIpc) is 3.01. The Morgan fingerprint density at radius 3 is 2.71 bits per heavy atom. The summed E-state index contributed by atoms with van der Waals surface area (Å²) in [5, 5.41) is 2.15. The molecule has 0 N–H and O–H groups in total. The van der Waals surface area contributed by atoms with Crippen LogP contribution >= 0.6 is 27.3 Å². The van der Waals surface area contributed by atoms with Crippen LogP contribution in [0.1, 0.15) is 23.3 Å². The maximum Gasteiger partial charge on any atom is 0.231 e. The Balaban J connectivity index is 1.55. The number of halogens is 1. The minimum Gasteiger partial charge on any atom is -0.454 e. The number of benzene rings is 1. The molecule has 0 saturated heterocycles. The van der Waals surface area contributed by atoms with Gasteiger partial charge in [0.1, 0.15) is 0 Å². The number of fused-ring (bicyclic) bond motifs is 1. The third-order valence-corrected chi connectivity index (χ3v) is 5.52. The summed E-state index contributed by atoms with van der Waals surface area (Å²) < 4.78 is 12.0. The third kappa shape index (κ3) is 2.96. The Hall–Kier alpha value is -1.04. The predicted octanol–water partition coefficient (Wildman–Crippen LogP) is 4.40. The van der Waals surface area contributed by atoms with E-state index in [0.717, 1.165) is 35.1 Å². The monoisotopic (exact) mass is 365 g/mol. The quantitative estimate of drug-likeness (QED) is 0.783. The van der Waals surface area contributed by atoms with E-state index in [9.17, 15) is 0 Å². The van der Waals surface area contributed by atoms with Gasteiger partial charge in [-0.25, -0.2) is 0 Å². The highest BCUT2D eigenvalue weighted by Gasteiger charge is 2.30. The molecule has 1 fully saturated rings. The van der Waals surface area contributed by atoms with Crippen LogP contribution in [-0.4, -0.2) is 17.7 Å². The van der Waals surface area contributed by atoms with E-state index in [1.54, 1.807) is 0 Å². The van der Waals surface area contributed by atoms with Gasteiger partial charge in [-0.1, -0.05) is 22.0 Å². The lowest BCUT2D eigenvalue weighted by atomic mass is 10.2. The van der Waals surface area contributed by atoms with Gasteiger partial charge in [0.05, 0.1) is 0 Å². The summed E-state index contributed by atoms with van der Waals surface area (Å²) in [7, 11) is 0. The molecule has 21 heavy (non-hydrogen) atoms. The molecule has 4 rings (SSSR count). The summed E-state index contributed by atoms with van der Waals surface area (Å²) >= 11 is 5.50. The molecule has 0 bridgehead atoms. The number of hydrogen-bond donors (Lipinski definition) is 0. The second kappa shape index (κ2) is 5.63. The Morgan fingerprint density at radius 2 is 2.00 bits per heavy atom. The van der Waals surface area contributed by atoms with Crippen molar-refractivity contribution in [1.29, 1.82) is 0 Å². The first-order valence-corrected chi connectivity index (χ1v) is 8.81. The number of rotatable bonds is 5. The molecule has 2 aromatic rings. The first kappa shape index (κ1) is 13.6. The largest absolute Gasteiger partial charge is 0.454 e. The lowest BCUT2D eigenvalue weighted by Gasteiger charge is -2.22. The van der Waals surface area contributed by atoms with Crippen LogP contribution < -0.4 is 9.47 Å². The number of ether oxygens (including phenoxy) is 2. The van der Waals surface area contributed by atoms with E-state index in [1.807, 2.05) is 17.4 Å². The average molecular weight is 366 g/mol. The molecule has 1 aromatic carbocycles. The Bertz CT molecular complexity index is 640. The van der Waals surface area contributed by atoms with Crippen molar-refractivity contribution in [2.45, 2.75) is 32.0 Å². The molecule has 1 saturated carbocycles. The zero-order valence-electron chi connectivity index (χ0n) is 11.5. The molecule has 1 aliphatic carbocycles. The summed E-state index contributed by atoms with van der Waals surface area (Å²) in [6.45, 7) is 2.30. The van der Waals surface area contributed by atoms with Gasteiger partial charge < -0.3 is 9.47 Å². The van der Waals surface area contributed by atoms with Crippen LogP contribution in [0.15, 0.2) is 34.1 Å². The molecule has 0 radical (unpaired) electrons. The summed E-state index contributed by atoms with van der Waals surface area (Å²) in [6.07, 6.45) is 2.63. The summed E-state index contributed by atoms with van der Waals surface area (Å²) in [6, 6.07) is 9.20. The van der Waals surface area contributed by atoms with E-state index in [2.05, 4.69) is 44.4 Å². The molecule has 0 amide bonds. The Morgan fingerprint density at radius 1 is 1.19 bits per heavy atom. The van der Waals surface area contributed by atoms with Crippen molar-refractivity contribution in [2.24, 2.45) is 0 Å². The molecule has 2 aliphatic rings. The summed E-state index contributed by atoms with van der Waals surface area (Å²) in [4.78, 5) is 3.99. The highest BCUT2D eigenvalue weighted by Crippen LogP contribution is 2.39. The van der Waals surface area contributed by atoms with Gasteiger partial charge in [0.25, 0.3) is 0 Å². The van der Waals surface area contributed by atoms with E-state index in [4.69, 9.17) is 9.47 Å². The number of nitrogens with zero attached hydrogens (tertiary/aromatic N) is 1. The van der Waals surface area contributed by atoms with Crippen LogP contribution in [0.4, 0.5) is 0 Å². The molecule has 110 valence electrons. The fourth-order valence-electron chi connectivity index (χ4n) is 2.66. The topological polar surface area (TPSA) is 21.7 Å². The van der Waals surface area contributed by atoms with E-state index >= 15 is 0 Å². The van der Waals surface area contributed by atoms with Crippen molar-refractivity contribution in [3.8, 4) is 11.5 Å². The van der Waals surface area contributed by atoms with E-state index in [1.165, 1.54) is 23.3 Å². The molecule has 5 heteroatoms. The zero-order chi connectivity index (χ0) is 14.2. The molecule has 3 nitrogen and oxygen atoms in total. The van der Waals surface area contributed by atoms with E-state index in [0.29, 0.717) is 6.79 Å². The van der Waals surface area contributed by atoms with Crippen molar-refractivity contribution < 1.29 is 9.47 Å². The van der Waals surface area contributed by atoms with Gasteiger partial charge in [-0.05, 0) is 42.0 Å². The minimum atomic E-state index is 0.326. The maximum absolute atomic E-state index is 5.50. The van der Waals surface area contributed by atoms with Crippen LogP contribution in [0.5, 0.6) is 11.5 Å². The molecule has 1 aromatic heterocycles. The van der Waals surface area contributed by atoms with Gasteiger partial charge in [-0.15, -0.1) is 11.3 Å². The lowest BCUT2D eigenvalue weighted by Crippen LogP contribution is -2.24. The van der Waals surface area contributed by atoms with Crippen LogP contribution in [0.25, 0.3) is 0 Å². The predicted molar refractivity (Wildman–Crippen MR) is 86.9 cm³/mol. The molecule has 1 aliphatic heterocycles. The molecule has 2 heterocycles. The molecular formula is C16H16BrNO2S. The smallest absolute Gasteiger partial charge is 0.231 e. The van der Waals surface area contributed by atoms with Gasteiger partial charge in [0, 0.05) is 28.5 Å². The highest BCUT2D eigenvalue weighted by atomic mass is 79.9. The van der Waals surface area contributed by atoms with Crippen molar-refractivity contribution in [3.63, 3.8) is 0 Å². The van der Waals surface area contributed by atoms with Crippen molar-refractivity contribution in [1.82, 2.24) is 4.90 Å². The fraction of sp³-hybridized carbons (Fsp3) is 0.375. The Kier molecular flexibility index (Phi) is 3.65. The SMILES string of the molecule is Brc1cc2c(cc1CN(Cc1cccs1)C1CC1)OCO2. The standard InChI is InChI=1S/C16H16BrNO2S/c17-14-7-16-15(19-10-20-16)6-11(14)8-18(12-3-4-12)9-13-2-1-5-21-13/h1-2,5-7,12H,3-4,8-10H2. The van der Waals surface area contributed by atoms with Crippen molar-refractivity contribution in [2.75, 3.05) is 6.79 Å². The van der Waals surface area contributed by atoms with Crippen LogP contribution in [0, 0.1) is 0 Å². The van der Waals surface area contributed by atoms with E-state index < -0.39 is 0 Å². The molecular weight excluding hydrogens is 350 g/mol. The normalized spacial score (nSPS) is 16.7. The first-order chi connectivity index (χ1) is 10.3. The zero-order valence-corrected chi connectivity index (χ0v) is 14.0. The van der Waals surface area contributed by atoms with Crippen LogP contribution in [-0.2, 0) is 13.1 Å². The molecule has 0 spiro atoms. The lowest BCUT2D eigenvalue weighted by molar-refractivity contribution is 0.174. The number of thiophene rings is 1. The summed E-state index contributed by atoms with van der Waals surface area (Å²) in [5.41, 5.74) is 1.27. The fourth-order valence-corrected chi connectivity index (χ4v) is 3.83. The molecule has 0 unspecified atom stereocenters. The third-order valence-electron chi connectivity index (χ3n) is 3.92. The van der Waals surface area contributed by atoms with Gasteiger partial charge in [-0.3, -0.25) is 4.90 Å². The second-order valence-corrected chi connectivity index (χ2v) is 7.40. The van der Waals surface area contributed by atoms with Crippen molar-refractivity contribution >= 4 is 27.3 Å². The van der Waals surface area contributed by atoms with Gasteiger partial charge in [0.15, 0.2) is 11.5 Å². The van der Waals surface area contributed by atoms with Gasteiger partial charge in [0.2, 0.25) is 6.79 Å². The first-order valence-electron chi connectivity index (χ1n) is 7.14.